The van der Waals surface area contributed by atoms with Crippen LogP contribution in [0.5, 0.6) is 0 Å². The SMILES string of the molecule is C=C(CC(=O)O)C(=O)O.C=C(CC=C(C)C(=O)O)C(=O)OC.C=CC(=O)O.C=CC(=O)O.C=CC(=O)O.C=CC(=O)OCCCC.CCC(CO)(CO)CO. The molecule has 19 nitrogen and oxygen atoms in total. The topological polar surface area (TPSA) is 337 Å². The van der Waals surface area contributed by atoms with E-state index in [0.29, 0.717) is 13.0 Å². The molecule has 0 radical (unpaired) electrons. The van der Waals surface area contributed by atoms with Gasteiger partial charge >= 0.3 is 47.8 Å². The van der Waals surface area contributed by atoms with Crippen LogP contribution >= 0.6 is 0 Å². The van der Waals surface area contributed by atoms with Gasteiger partial charge in [0.2, 0.25) is 0 Å². The smallest absolute Gasteiger partial charge is 0.333 e. The Morgan fingerprint density at radius 2 is 1.04 bits per heavy atom. The minimum absolute atomic E-state index is 0.156. The molecule has 0 saturated heterocycles. The van der Waals surface area contributed by atoms with E-state index in [2.05, 4.69) is 48.9 Å². The molecule has 0 heterocycles. The number of ether oxygens (including phenoxy) is 2. The predicted molar refractivity (Wildman–Crippen MR) is 200 cm³/mol. The molecule has 0 aromatic rings. The number of carbonyl (C=O) groups excluding carboxylic acids is 2. The molecular formula is C36H56O19. The van der Waals surface area contributed by atoms with Gasteiger partial charge in [0.05, 0.1) is 40.0 Å². The van der Waals surface area contributed by atoms with Crippen LogP contribution in [0.25, 0.3) is 0 Å². The Labute approximate surface area is 319 Å². The lowest BCUT2D eigenvalue weighted by Crippen LogP contribution is -2.32. The molecule has 0 unspecified atom stereocenters. The van der Waals surface area contributed by atoms with Crippen molar-refractivity contribution in [2.75, 3.05) is 33.5 Å². The highest BCUT2D eigenvalue weighted by Gasteiger charge is 2.24. The second-order valence-corrected chi connectivity index (χ2v) is 9.65. The fourth-order valence-electron chi connectivity index (χ4n) is 1.71. The van der Waals surface area contributed by atoms with Gasteiger partial charge in [0.1, 0.15) is 0 Å². The Kier molecular flexibility index (Phi) is 51.0. The Balaban J connectivity index is -0.000000101. The van der Waals surface area contributed by atoms with E-state index in [1.165, 1.54) is 26.2 Å². The van der Waals surface area contributed by atoms with Crippen molar-refractivity contribution in [1.29, 1.82) is 0 Å². The lowest BCUT2D eigenvalue weighted by Gasteiger charge is -2.24. The summed E-state index contributed by atoms with van der Waals surface area (Å²) in [6.07, 6.45) is 7.36. The zero-order valence-electron chi connectivity index (χ0n) is 31.6. The molecule has 314 valence electrons. The fraction of sp³-hybridized carbons (Fsp3) is 0.389. The second kappa shape index (κ2) is 44.0. The minimum Gasteiger partial charge on any atom is -0.481 e. The monoisotopic (exact) mass is 792 g/mol. The summed E-state index contributed by atoms with van der Waals surface area (Å²) < 4.78 is 9.06. The first-order valence-electron chi connectivity index (χ1n) is 15.4. The van der Waals surface area contributed by atoms with Gasteiger partial charge in [-0.25, -0.2) is 33.6 Å². The van der Waals surface area contributed by atoms with Gasteiger partial charge in [-0.1, -0.05) is 65.8 Å². The summed E-state index contributed by atoms with van der Waals surface area (Å²) in [7, 11) is 1.25. The van der Waals surface area contributed by atoms with Crippen LogP contribution in [-0.2, 0) is 47.8 Å². The van der Waals surface area contributed by atoms with Gasteiger partial charge in [0, 0.05) is 46.4 Å². The average molecular weight is 793 g/mol. The van der Waals surface area contributed by atoms with Crippen LogP contribution in [0.1, 0.15) is 52.9 Å². The fourth-order valence-corrected chi connectivity index (χ4v) is 1.71. The number of allylic oxidation sites excluding steroid dienone is 1. The number of hydrogen-bond acceptors (Lipinski definition) is 13. The van der Waals surface area contributed by atoms with Crippen molar-refractivity contribution >= 4 is 47.8 Å². The first kappa shape index (κ1) is 63.8. The molecule has 0 spiro atoms. The molecule has 55 heavy (non-hydrogen) atoms. The Morgan fingerprint density at radius 1 is 0.655 bits per heavy atom. The molecule has 0 aromatic heterocycles. The summed E-state index contributed by atoms with van der Waals surface area (Å²) in [5.74, 6) is -7.24. The van der Waals surface area contributed by atoms with Crippen molar-refractivity contribution in [2.24, 2.45) is 5.41 Å². The van der Waals surface area contributed by atoms with Gasteiger partial charge in [-0.3, -0.25) is 4.79 Å². The Bertz CT molecular complexity index is 1210. The predicted octanol–water partition coefficient (Wildman–Crippen LogP) is 2.88. The van der Waals surface area contributed by atoms with Gasteiger partial charge in [0.25, 0.3) is 0 Å². The normalized spacial score (nSPS) is 9.04. The first-order valence-corrected chi connectivity index (χ1v) is 15.4. The van der Waals surface area contributed by atoms with E-state index < -0.39 is 53.6 Å². The number of hydrogen-bond donors (Lipinski definition) is 9. The second-order valence-electron chi connectivity index (χ2n) is 9.65. The largest absolute Gasteiger partial charge is 0.481 e. The van der Waals surface area contributed by atoms with Crippen molar-refractivity contribution in [3.63, 3.8) is 0 Å². The van der Waals surface area contributed by atoms with E-state index >= 15 is 0 Å². The zero-order valence-corrected chi connectivity index (χ0v) is 31.6. The van der Waals surface area contributed by atoms with Crippen LogP contribution in [0.4, 0.5) is 0 Å². The van der Waals surface area contributed by atoms with Gasteiger partial charge in [-0.2, -0.15) is 0 Å². The van der Waals surface area contributed by atoms with Crippen molar-refractivity contribution in [3.8, 4) is 0 Å². The molecule has 19 heteroatoms. The lowest BCUT2D eigenvalue weighted by molar-refractivity contribution is -0.139. The van der Waals surface area contributed by atoms with Crippen LogP contribution in [-0.4, -0.2) is 127 Å². The number of rotatable bonds is 18. The summed E-state index contributed by atoms with van der Waals surface area (Å²) in [5, 5.41) is 73.3. The van der Waals surface area contributed by atoms with Crippen molar-refractivity contribution in [2.45, 2.75) is 52.9 Å². The number of carboxylic acid groups (broad SMARTS) is 6. The van der Waals surface area contributed by atoms with Crippen LogP contribution in [0, 0.1) is 5.41 Å². The van der Waals surface area contributed by atoms with E-state index in [9.17, 15) is 38.4 Å². The maximum Gasteiger partial charge on any atom is 0.333 e. The van der Waals surface area contributed by atoms with Gasteiger partial charge in [0.15, 0.2) is 0 Å². The van der Waals surface area contributed by atoms with Crippen molar-refractivity contribution in [1.82, 2.24) is 0 Å². The molecule has 0 aliphatic rings. The maximum atomic E-state index is 10.8. The zero-order chi connectivity index (χ0) is 45.2. The highest BCUT2D eigenvalue weighted by molar-refractivity contribution is 5.91. The van der Waals surface area contributed by atoms with E-state index in [-0.39, 0.29) is 48.9 Å². The number of unbranched alkanes of at least 4 members (excludes halogenated alkanes) is 1. The third-order valence-electron chi connectivity index (χ3n) is 5.32. The van der Waals surface area contributed by atoms with Crippen LogP contribution in [0.15, 0.2) is 86.6 Å². The quantitative estimate of drug-likeness (QED) is 0.0547. The molecule has 0 aromatic carbocycles. The maximum absolute atomic E-state index is 10.8. The summed E-state index contributed by atoms with van der Waals surface area (Å²) in [4.78, 5) is 78.9. The Morgan fingerprint density at radius 3 is 1.22 bits per heavy atom. The minimum atomic E-state index is -1.27. The molecule has 0 atom stereocenters. The summed E-state index contributed by atoms with van der Waals surface area (Å²) in [5.41, 5.74) is -0.546. The number of carboxylic acids is 6. The third-order valence-corrected chi connectivity index (χ3v) is 5.32. The molecule has 0 bridgehead atoms. The average Bonchev–Trinajstić information content (AvgIpc) is 3.15. The molecule has 9 N–H and O–H groups in total. The molecule has 0 rings (SSSR count). The molecular weight excluding hydrogens is 736 g/mol. The number of aliphatic carboxylic acids is 6. The molecule has 0 fully saturated rings. The van der Waals surface area contributed by atoms with Gasteiger partial charge in [-0.05, 0) is 26.2 Å². The highest BCUT2D eigenvalue weighted by atomic mass is 16.5. The molecule has 0 saturated carbocycles. The van der Waals surface area contributed by atoms with Crippen LogP contribution in [0.3, 0.4) is 0 Å². The highest BCUT2D eigenvalue weighted by Crippen LogP contribution is 2.18. The molecule has 0 amide bonds. The summed E-state index contributed by atoms with van der Waals surface area (Å²) in [6, 6.07) is 0. The first-order chi connectivity index (χ1) is 25.4. The van der Waals surface area contributed by atoms with E-state index in [4.69, 9.17) is 46.0 Å². The third kappa shape index (κ3) is 57.4. The van der Waals surface area contributed by atoms with Gasteiger partial charge in [-0.15, -0.1) is 0 Å². The number of esters is 2. The van der Waals surface area contributed by atoms with Crippen molar-refractivity contribution < 1.29 is 93.8 Å². The number of carbonyl (C=O) groups is 8. The van der Waals surface area contributed by atoms with E-state index in [1.54, 1.807) is 0 Å². The van der Waals surface area contributed by atoms with E-state index in [0.717, 1.165) is 31.1 Å². The Hall–Kier alpha value is -6.18. The lowest BCUT2D eigenvalue weighted by atomic mass is 9.88. The number of methoxy groups -OCH3 is 1. The summed E-state index contributed by atoms with van der Waals surface area (Å²) in [6.45, 7) is 24.0. The van der Waals surface area contributed by atoms with Crippen LogP contribution in [0.2, 0.25) is 0 Å². The molecule has 0 aliphatic carbocycles. The van der Waals surface area contributed by atoms with Gasteiger partial charge < -0.3 is 55.4 Å². The standard InChI is InChI=1S/C9H12O4.C7H12O2.C6H14O3.C5H6O4.3C3H4O2/c1-6(8(10)11)4-5-7(2)9(12)13-3;1-3-5-6-9-7(8)4-2;1-2-6(3-7,4-8)5-9;1-3(5(8)9)2-4(6)7;3*1-2-3(4)5/h4H,2,5H2,1,3H3,(H,10,11);4H,2-3,5-6H2,1H3;7-9H,2-5H2,1H3;1-2H2,(H,6,7)(H,8,9);3*2H,1H2,(H,4,5). The van der Waals surface area contributed by atoms with E-state index in [1.807, 2.05) is 13.8 Å². The number of aliphatic hydroxyl groups is 3. The van der Waals surface area contributed by atoms with Crippen molar-refractivity contribution in [3.05, 3.63) is 86.6 Å². The number of aliphatic hydroxyl groups excluding tert-OH is 3. The van der Waals surface area contributed by atoms with Crippen LogP contribution < -0.4 is 0 Å². The molecule has 0 aliphatic heterocycles. The summed E-state index contributed by atoms with van der Waals surface area (Å²) >= 11 is 0.